The van der Waals surface area contributed by atoms with Gasteiger partial charge in [0, 0.05) is 22.9 Å². The Hall–Kier alpha value is -0.450. The molecule has 1 atom stereocenters. The molecule has 0 aromatic carbocycles. The zero-order chi connectivity index (χ0) is 10.4. The van der Waals surface area contributed by atoms with Gasteiger partial charge in [-0.1, -0.05) is 6.42 Å². The molecule has 0 radical (unpaired) electrons. The average Bonchev–Trinajstić information content (AvgIpc) is 2.18. The summed E-state index contributed by atoms with van der Waals surface area (Å²) >= 11 is 3.37. The molecule has 78 valence electrons. The van der Waals surface area contributed by atoms with E-state index in [0.29, 0.717) is 0 Å². The van der Waals surface area contributed by atoms with Crippen LogP contribution < -0.4 is 11.5 Å². The lowest BCUT2D eigenvalue weighted by Gasteiger charge is -2.11. The minimum atomic E-state index is 0.0755. The number of rotatable bonds is 5. The van der Waals surface area contributed by atoms with Gasteiger partial charge in [-0.05, 0) is 46.9 Å². The third-order valence-corrected chi connectivity index (χ3v) is 2.56. The maximum Gasteiger partial charge on any atom is 0.0410 e. The maximum absolute atomic E-state index is 6.00. The Labute approximate surface area is 93.0 Å². The minimum Gasteiger partial charge on any atom is -0.330 e. The third kappa shape index (κ3) is 3.74. The smallest absolute Gasteiger partial charge is 0.0410 e. The van der Waals surface area contributed by atoms with Gasteiger partial charge in [0.15, 0.2) is 0 Å². The van der Waals surface area contributed by atoms with Crippen molar-refractivity contribution in [3.63, 3.8) is 0 Å². The summed E-state index contributed by atoms with van der Waals surface area (Å²) in [6, 6.07) is 2.09. The van der Waals surface area contributed by atoms with Gasteiger partial charge in [0.05, 0.1) is 0 Å². The number of hydrogen-bond donors (Lipinski definition) is 2. The first-order valence-corrected chi connectivity index (χ1v) is 5.59. The molecule has 1 aromatic rings. The molecule has 1 heterocycles. The molecule has 0 amide bonds. The first-order valence-electron chi connectivity index (χ1n) is 4.80. The van der Waals surface area contributed by atoms with E-state index in [9.17, 15) is 0 Å². The van der Waals surface area contributed by atoms with Crippen LogP contribution in [0.3, 0.4) is 0 Å². The van der Waals surface area contributed by atoms with E-state index in [2.05, 4.69) is 20.9 Å². The SMILES string of the molecule is NCCCC[C@@H](N)c1cncc(Br)c1. The number of unbranched alkanes of at least 4 members (excludes halogenated alkanes) is 1. The van der Waals surface area contributed by atoms with E-state index in [1.165, 1.54) is 0 Å². The van der Waals surface area contributed by atoms with E-state index in [4.69, 9.17) is 11.5 Å². The second-order valence-electron chi connectivity index (χ2n) is 3.33. The topological polar surface area (TPSA) is 64.9 Å². The Morgan fingerprint density at radius 2 is 2.14 bits per heavy atom. The first kappa shape index (κ1) is 11.6. The summed E-state index contributed by atoms with van der Waals surface area (Å²) < 4.78 is 0.976. The first-order chi connectivity index (χ1) is 6.74. The lowest BCUT2D eigenvalue weighted by atomic mass is 10.0. The minimum absolute atomic E-state index is 0.0755. The number of hydrogen-bond acceptors (Lipinski definition) is 3. The Balaban J connectivity index is 2.47. The molecule has 0 spiro atoms. The van der Waals surface area contributed by atoms with Gasteiger partial charge in [-0.25, -0.2) is 0 Å². The van der Waals surface area contributed by atoms with E-state index >= 15 is 0 Å². The Morgan fingerprint density at radius 3 is 2.79 bits per heavy atom. The number of halogens is 1. The zero-order valence-electron chi connectivity index (χ0n) is 8.12. The van der Waals surface area contributed by atoms with E-state index in [-0.39, 0.29) is 6.04 Å². The number of aromatic nitrogens is 1. The highest BCUT2D eigenvalue weighted by molar-refractivity contribution is 9.10. The summed E-state index contributed by atoms with van der Waals surface area (Å²) in [5, 5.41) is 0. The molecule has 1 aromatic heterocycles. The molecule has 0 unspecified atom stereocenters. The Kier molecular flexibility index (Phi) is 5.07. The van der Waals surface area contributed by atoms with Crippen molar-refractivity contribution in [2.75, 3.05) is 6.54 Å². The predicted octanol–water partition coefficient (Wildman–Crippen LogP) is 1.97. The van der Waals surface area contributed by atoms with E-state index in [1.807, 2.05) is 12.3 Å². The zero-order valence-corrected chi connectivity index (χ0v) is 9.70. The Bertz CT molecular complexity index is 278. The predicted molar refractivity (Wildman–Crippen MR) is 61.8 cm³/mol. The lowest BCUT2D eigenvalue weighted by Crippen LogP contribution is -2.11. The fraction of sp³-hybridized carbons (Fsp3) is 0.500. The largest absolute Gasteiger partial charge is 0.330 e. The molecule has 3 nitrogen and oxygen atoms in total. The van der Waals surface area contributed by atoms with Crippen LogP contribution in [0.15, 0.2) is 22.9 Å². The molecule has 0 bridgehead atoms. The summed E-state index contributed by atoms with van der Waals surface area (Å²) in [6.07, 6.45) is 6.66. The molecular formula is C10H16BrN3. The molecule has 4 N–H and O–H groups in total. The summed E-state index contributed by atoms with van der Waals surface area (Å²) in [5.41, 5.74) is 12.5. The average molecular weight is 258 g/mol. The van der Waals surface area contributed by atoms with Gasteiger partial charge in [-0.2, -0.15) is 0 Å². The molecular weight excluding hydrogens is 242 g/mol. The highest BCUT2D eigenvalue weighted by Gasteiger charge is 2.05. The van der Waals surface area contributed by atoms with E-state index in [1.54, 1.807) is 6.20 Å². The molecule has 1 rings (SSSR count). The van der Waals surface area contributed by atoms with Gasteiger partial charge in [0.1, 0.15) is 0 Å². The molecule has 0 aliphatic carbocycles. The van der Waals surface area contributed by atoms with Crippen LogP contribution in [0.2, 0.25) is 0 Å². The second-order valence-corrected chi connectivity index (χ2v) is 4.24. The van der Waals surface area contributed by atoms with Crippen molar-refractivity contribution in [3.05, 3.63) is 28.5 Å². The molecule has 0 saturated heterocycles. The van der Waals surface area contributed by atoms with Crippen LogP contribution in [-0.4, -0.2) is 11.5 Å². The highest BCUT2D eigenvalue weighted by Crippen LogP contribution is 2.18. The monoisotopic (exact) mass is 257 g/mol. The fourth-order valence-electron chi connectivity index (χ4n) is 1.31. The number of nitrogens with zero attached hydrogens (tertiary/aromatic N) is 1. The van der Waals surface area contributed by atoms with E-state index < -0.39 is 0 Å². The van der Waals surface area contributed by atoms with Crippen LogP contribution in [0, 0.1) is 0 Å². The Morgan fingerprint density at radius 1 is 1.36 bits per heavy atom. The highest BCUT2D eigenvalue weighted by atomic mass is 79.9. The maximum atomic E-state index is 6.00. The standard InChI is InChI=1S/C10H16BrN3/c11-9-5-8(6-14-7-9)10(13)3-1-2-4-12/h5-7,10H,1-4,12-13H2/t10-/m1/s1. The van der Waals surface area contributed by atoms with E-state index in [0.717, 1.165) is 35.8 Å². The van der Waals surface area contributed by atoms with Crippen molar-refractivity contribution in [1.82, 2.24) is 4.98 Å². The molecule has 0 fully saturated rings. The summed E-state index contributed by atoms with van der Waals surface area (Å²) in [4.78, 5) is 4.08. The van der Waals surface area contributed by atoms with Crippen LogP contribution in [0.1, 0.15) is 30.9 Å². The van der Waals surface area contributed by atoms with Gasteiger partial charge in [0.2, 0.25) is 0 Å². The van der Waals surface area contributed by atoms with Gasteiger partial charge in [0.25, 0.3) is 0 Å². The van der Waals surface area contributed by atoms with Crippen molar-refractivity contribution >= 4 is 15.9 Å². The summed E-state index contributed by atoms with van der Waals surface area (Å²) in [7, 11) is 0. The van der Waals surface area contributed by atoms with Gasteiger partial charge in [-0.15, -0.1) is 0 Å². The van der Waals surface area contributed by atoms with Crippen molar-refractivity contribution in [1.29, 1.82) is 0 Å². The second kappa shape index (κ2) is 6.11. The third-order valence-electron chi connectivity index (χ3n) is 2.12. The molecule has 0 saturated carbocycles. The molecule has 0 aliphatic rings. The van der Waals surface area contributed by atoms with Crippen LogP contribution >= 0.6 is 15.9 Å². The number of pyridine rings is 1. The van der Waals surface area contributed by atoms with Crippen molar-refractivity contribution < 1.29 is 0 Å². The molecule has 4 heteroatoms. The van der Waals surface area contributed by atoms with Gasteiger partial charge >= 0.3 is 0 Å². The van der Waals surface area contributed by atoms with Crippen LogP contribution in [0.5, 0.6) is 0 Å². The normalized spacial score (nSPS) is 12.8. The fourth-order valence-corrected chi connectivity index (χ4v) is 1.69. The van der Waals surface area contributed by atoms with Crippen molar-refractivity contribution in [2.45, 2.75) is 25.3 Å². The summed E-state index contributed by atoms with van der Waals surface area (Å²) in [5.74, 6) is 0. The van der Waals surface area contributed by atoms with Gasteiger partial charge < -0.3 is 11.5 Å². The molecule has 14 heavy (non-hydrogen) atoms. The van der Waals surface area contributed by atoms with Crippen LogP contribution in [0.4, 0.5) is 0 Å². The van der Waals surface area contributed by atoms with Crippen molar-refractivity contribution in [3.8, 4) is 0 Å². The van der Waals surface area contributed by atoms with Crippen LogP contribution in [0.25, 0.3) is 0 Å². The lowest BCUT2D eigenvalue weighted by molar-refractivity contribution is 0.589. The summed E-state index contributed by atoms with van der Waals surface area (Å²) in [6.45, 7) is 0.740. The van der Waals surface area contributed by atoms with Gasteiger partial charge in [-0.3, -0.25) is 4.98 Å². The molecule has 0 aliphatic heterocycles. The quantitative estimate of drug-likeness (QED) is 0.793. The number of nitrogens with two attached hydrogens (primary N) is 2. The van der Waals surface area contributed by atoms with Crippen molar-refractivity contribution in [2.24, 2.45) is 11.5 Å². The van der Waals surface area contributed by atoms with Crippen LogP contribution in [-0.2, 0) is 0 Å².